The maximum atomic E-state index is 6.54. The van der Waals surface area contributed by atoms with Crippen LogP contribution in [0, 0.1) is 0 Å². The fraction of sp³-hybridized carbons (Fsp3) is 0. The summed E-state index contributed by atoms with van der Waals surface area (Å²) in [5.74, 6) is 0. The first-order chi connectivity index (χ1) is 26.3. The second kappa shape index (κ2) is 9.81. The van der Waals surface area contributed by atoms with Gasteiger partial charge >= 0.3 is 0 Å². The van der Waals surface area contributed by atoms with Crippen molar-refractivity contribution in [2.45, 2.75) is 0 Å². The van der Waals surface area contributed by atoms with Gasteiger partial charge in [-0.1, -0.05) is 109 Å². The minimum atomic E-state index is 0.899. The van der Waals surface area contributed by atoms with E-state index >= 15 is 0 Å². The van der Waals surface area contributed by atoms with Crippen molar-refractivity contribution < 1.29 is 4.42 Å². The van der Waals surface area contributed by atoms with Crippen molar-refractivity contribution in [2.75, 3.05) is 0 Å². The predicted molar refractivity (Wildman–Crippen MR) is 222 cm³/mol. The number of aromatic nitrogens is 2. The Hall–Kier alpha value is -7.10. The van der Waals surface area contributed by atoms with Gasteiger partial charge in [-0.05, 0) is 98.4 Å². The lowest BCUT2D eigenvalue weighted by atomic mass is 10.0. The van der Waals surface area contributed by atoms with Crippen LogP contribution < -0.4 is 0 Å². The highest BCUT2D eigenvalue weighted by atomic mass is 16.3. The Morgan fingerprint density at radius 3 is 1.83 bits per heavy atom. The Bertz CT molecular complexity index is 3570. The number of rotatable bonds is 2. The van der Waals surface area contributed by atoms with Gasteiger partial charge in [0.15, 0.2) is 0 Å². The normalized spacial score (nSPS) is 12.5. The third-order valence-electron chi connectivity index (χ3n) is 11.8. The molecule has 0 N–H and O–H groups in total. The average molecular weight is 673 g/mol. The topological polar surface area (TPSA) is 23.0 Å². The van der Waals surface area contributed by atoms with Crippen LogP contribution in [0.4, 0.5) is 0 Å². The van der Waals surface area contributed by atoms with Gasteiger partial charge in [0.25, 0.3) is 0 Å². The van der Waals surface area contributed by atoms with E-state index in [1.165, 1.54) is 81.9 Å². The minimum absolute atomic E-state index is 0.899. The molecule has 3 heterocycles. The maximum Gasteiger partial charge on any atom is 0.137 e. The number of benzene rings is 9. The molecule has 12 aromatic rings. The van der Waals surface area contributed by atoms with E-state index in [2.05, 4.69) is 173 Å². The quantitative estimate of drug-likeness (QED) is 0.179. The molecule has 244 valence electrons. The molecule has 0 atom stereocenters. The van der Waals surface area contributed by atoms with Gasteiger partial charge in [0.2, 0.25) is 0 Å². The molecule has 13 rings (SSSR count). The van der Waals surface area contributed by atoms with E-state index in [-0.39, 0.29) is 0 Å². The molecule has 9 aromatic carbocycles. The van der Waals surface area contributed by atoms with E-state index in [4.69, 9.17) is 4.42 Å². The zero-order chi connectivity index (χ0) is 34.4. The van der Waals surface area contributed by atoms with Crippen LogP contribution >= 0.6 is 0 Å². The summed E-state index contributed by atoms with van der Waals surface area (Å²) in [6.07, 6.45) is 0. The third-order valence-corrected chi connectivity index (χ3v) is 11.8. The maximum absolute atomic E-state index is 6.54. The van der Waals surface area contributed by atoms with Crippen molar-refractivity contribution in [3.8, 4) is 33.6 Å². The van der Waals surface area contributed by atoms with E-state index in [0.29, 0.717) is 0 Å². The van der Waals surface area contributed by atoms with Gasteiger partial charge in [0.1, 0.15) is 11.2 Å². The van der Waals surface area contributed by atoms with Gasteiger partial charge in [0.05, 0.1) is 22.1 Å². The van der Waals surface area contributed by atoms with Gasteiger partial charge in [-0.15, -0.1) is 0 Å². The van der Waals surface area contributed by atoms with Gasteiger partial charge < -0.3 is 13.6 Å². The van der Waals surface area contributed by atoms with Gasteiger partial charge in [-0.25, -0.2) is 0 Å². The molecule has 0 radical (unpaired) electrons. The minimum Gasteiger partial charge on any atom is -0.456 e. The number of fused-ring (bicyclic) bond motifs is 14. The summed E-state index contributed by atoms with van der Waals surface area (Å²) in [5, 5.41) is 12.4. The molecule has 0 bridgehead atoms. The third kappa shape index (κ3) is 3.53. The number of para-hydroxylation sites is 2. The summed E-state index contributed by atoms with van der Waals surface area (Å²) in [5.41, 5.74) is 14.0. The van der Waals surface area contributed by atoms with Crippen LogP contribution in [-0.2, 0) is 0 Å². The molecule has 1 aliphatic carbocycles. The monoisotopic (exact) mass is 672 g/mol. The highest BCUT2D eigenvalue weighted by Gasteiger charge is 2.25. The van der Waals surface area contributed by atoms with Gasteiger partial charge in [-0.2, -0.15) is 0 Å². The molecule has 0 saturated carbocycles. The summed E-state index contributed by atoms with van der Waals surface area (Å²) in [4.78, 5) is 0. The molecule has 3 nitrogen and oxygen atoms in total. The number of hydrogen-bond donors (Lipinski definition) is 0. The highest BCUT2D eigenvalue weighted by Crippen LogP contribution is 2.49. The lowest BCUT2D eigenvalue weighted by Gasteiger charge is -2.12. The zero-order valence-corrected chi connectivity index (χ0v) is 28.5. The molecule has 0 unspecified atom stereocenters. The smallest absolute Gasteiger partial charge is 0.137 e. The van der Waals surface area contributed by atoms with E-state index in [1.807, 2.05) is 6.07 Å². The molecule has 53 heavy (non-hydrogen) atoms. The van der Waals surface area contributed by atoms with Crippen LogP contribution in [0.3, 0.4) is 0 Å². The van der Waals surface area contributed by atoms with Crippen LogP contribution in [0.1, 0.15) is 0 Å². The molecular formula is C50H28N2O. The summed E-state index contributed by atoms with van der Waals surface area (Å²) in [6, 6.07) is 62.4. The lowest BCUT2D eigenvalue weighted by Crippen LogP contribution is -1.95. The summed E-state index contributed by atoms with van der Waals surface area (Å²) in [6.45, 7) is 0. The molecule has 3 heteroatoms. The average Bonchev–Trinajstić information content (AvgIpc) is 3.94. The molecular weight excluding hydrogens is 645 g/mol. The van der Waals surface area contributed by atoms with Gasteiger partial charge in [0, 0.05) is 49.8 Å². The van der Waals surface area contributed by atoms with Crippen LogP contribution in [0.25, 0.3) is 121 Å². The van der Waals surface area contributed by atoms with Crippen LogP contribution in [0.5, 0.6) is 0 Å². The Labute approximate surface area is 303 Å². The summed E-state index contributed by atoms with van der Waals surface area (Å²) < 4.78 is 11.4. The van der Waals surface area contributed by atoms with Gasteiger partial charge in [-0.3, -0.25) is 0 Å². The van der Waals surface area contributed by atoms with Crippen molar-refractivity contribution in [1.29, 1.82) is 0 Å². The molecule has 0 fully saturated rings. The van der Waals surface area contributed by atoms with E-state index in [1.54, 1.807) is 0 Å². The molecule has 0 saturated heterocycles. The predicted octanol–water partition coefficient (Wildman–Crippen LogP) is 13.7. The largest absolute Gasteiger partial charge is 0.456 e. The highest BCUT2D eigenvalue weighted by molar-refractivity contribution is 6.30. The number of hydrogen-bond acceptors (Lipinski definition) is 1. The second-order valence-electron chi connectivity index (χ2n) is 14.5. The second-order valence-corrected chi connectivity index (χ2v) is 14.5. The molecule has 3 aromatic heterocycles. The standard InChI is InChI=1S/C50H28N2O/c1-2-10-31-25-32(20-19-29(31)9-1)51-42-17-5-3-14-38(42)49-43(51)23-24-44-50(49)41-27-40-35-13-4-6-18-46(35)53-47(40)28-45(41)52(44)33-21-22-34-36-15-7-11-30-12-8-16-37(48(30)36)39(34)26-33/h1-28H. The van der Waals surface area contributed by atoms with Crippen molar-refractivity contribution in [3.05, 3.63) is 170 Å². The van der Waals surface area contributed by atoms with E-state index in [0.717, 1.165) is 38.8 Å². The van der Waals surface area contributed by atoms with Crippen molar-refractivity contribution >= 4 is 87.1 Å². The van der Waals surface area contributed by atoms with Crippen LogP contribution in [0.15, 0.2) is 174 Å². The Kier molecular flexibility index (Phi) is 5.11. The lowest BCUT2D eigenvalue weighted by molar-refractivity contribution is 0.669. The SMILES string of the molecule is c1ccc2cc(-n3c4ccccc4c4c5c6cc7c(cc6n(-c6ccc8c(c6)-c6cccc9cccc-8c69)c5ccc43)oc3ccccc37)ccc2c1. The first-order valence-electron chi connectivity index (χ1n) is 18.3. The Morgan fingerprint density at radius 1 is 0.302 bits per heavy atom. The Morgan fingerprint density at radius 2 is 0.962 bits per heavy atom. The first-order valence-corrected chi connectivity index (χ1v) is 18.3. The zero-order valence-electron chi connectivity index (χ0n) is 28.5. The molecule has 0 amide bonds. The molecule has 0 spiro atoms. The summed E-state index contributed by atoms with van der Waals surface area (Å²) in [7, 11) is 0. The van der Waals surface area contributed by atoms with Crippen LogP contribution in [0.2, 0.25) is 0 Å². The van der Waals surface area contributed by atoms with E-state index in [9.17, 15) is 0 Å². The number of furan rings is 1. The molecule has 0 aliphatic heterocycles. The molecule has 1 aliphatic rings. The van der Waals surface area contributed by atoms with Crippen molar-refractivity contribution in [3.63, 3.8) is 0 Å². The van der Waals surface area contributed by atoms with Crippen molar-refractivity contribution in [1.82, 2.24) is 9.13 Å². The number of nitrogens with zero attached hydrogens (tertiary/aromatic N) is 2. The Balaban J connectivity index is 1.18. The fourth-order valence-electron chi connectivity index (χ4n) is 9.58. The summed E-state index contributed by atoms with van der Waals surface area (Å²) >= 11 is 0. The first kappa shape index (κ1) is 27.6. The van der Waals surface area contributed by atoms with E-state index < -0.39 is 0 Å². The van der Waals surface area contributed by atoms with Crippen LogP contribution in [-0.4, -0.2) is 9.13 Å². The van der Waals surface area contributed by atoms with Crippen molar-refractivity contribution in [2.24, 2.45) is 0 Å². The fourth-order valence-corrected chi connectivity index (χ4v) is 9.58.